The minimum absolute atomic E-state index is 0.122. The van der Waals surface area contributed by atoms with E-state index in [1.54, 1.807) is 0 Å². The second-order valence-electron chi connectivity index (χ2n) is 3.31. The van der Waals surface area contributed by atoms with Crippen LogP contribution in [0.1, 0.15) is 5.56 Å². The number of nitrogens with zero attached hydrogens (tertiary/aromatic N) is 1. The summed E-state index contributed by atoms with van der Waals surface area (Å²) in [7, 11) is 5.44. The van der Waals surface area contributed by atoms with Crippen LogP contribution >= 0.6 is 0 Å². The van der Waals surface area contributed by atoms with Gasteiger partial charge in [-0.15, -0.1) is 0 Å². The van der Waals surface area contributed by atoms with Crippen molar-refractivity contribution in [3.05, 3.63) is 54.0 Å². The molecule has 2 rings (SSSR count). The zero-order valence-electron chi connectivity index (χ0n) is 8.56. The van der Waals surface area contributed by atoms with Crippen LogP contribution in [-0.4, -0.2) is 12.8 Å². The third kappa shape index (κ3) is 2.60. The Morgan fingerprint density at radius 1 is 1.25 bits per heavy atom. The summed E-state index contributed by atoms with van der Waals surface area (Å²) in [6.45, 7) is 0.307. The highest BCUT2D eigenvalue weighted by molar-refractivity contribution is 6.30. The van der Waals surface area contributed by atoms with Gasteiger partial charge in [-0.05, 0) is 17.2 Å². The van der Waals surface area contributed by atoms with Gasteiger partial charge in [0.1, 0.15) is 14.5 Å². The molecule has 0 aliphatic rings. The van der Waals surface area contributed by atoms with E-state index in [1.165, 1.54) is 6.07 Å². The smallest absolute Gasteiger partial charge is 0.183 e. The molecular weight excluding hydrogens is 204 g/mol. The molecule has 78 valence electrons. The number of benzene rings is 1. The highest BCUT2D eigenvalue weighted by atomic mass is 19.1. The average molecular weight is 213 g/mol. The van der Waals surface area contributed by atoms with E-state index in [0.29, 0.717) is 6.61 Å². The van der Waals surface area contributed by atoms with Gasteiger partial charge in [-0.2, -0.15) is 0 Å². The molecule has 0 bridgehead atoms. The standard InChI is InChI=1S/C12H9BFNO/c13-12-6-11(10(14)7-15-12)16-8-9-4-2-1-3-5-9/h1-7H,8H2. The third-order valence-electron chi connectivity index (χ3n) is 2.08. The highest BCUT2D eigenvalue weighted by Gasteiger charge is 2.03. The molecule has 0 aliphatic heterocycles. The van der Waals surface area contributed by atoms with Gasteiger partial charge in [0.25, 0.3) is 0 Å². The van der Waals surface area contributed by atoms with Crippen LogP contribution in [0.5, 0.6) is 5.75 Å². The molecule has 0 atom stereocenters. The van der Waals surface area contributed by atoms with E-state index in [0.717, 1.165) is 11.8 Å². The maximum Gasteiger partial charge on any atom is 0.183 e. The van der Waals surface area contributed by atoms with Gasteiger partial charge in [-0.3, -0.25) is 4.98 Å². The first-order valence-electron chi connectivity index (χ1n) is 4.83. The molecule has 0 spiro atoms. The molecule has 0 saturated carbocycles. The van der Waals surface area contributed by atoms with Crippen molar-refractivity contribution in [3.8, 4) is 5.75 Å². The molecule has 0 aliphatic carbocycles. The second kappa shape index (κ2) is 4.79. The fourth-order valence-electron chi connectivity index (χ4n) is 1.28. The van der Waals surface area contributed by atoms with Crippen molar-refractivity contribution < 1.29 is 9.13 Å². The third-order valence-corrected chi connectivity index (χ3v) is 2.08. The number of hydrogen-bond acceptors (Lipinski definition) is 2. The fourth-order valence-corrected chi connectivity index (χ4v) is 1.28. The van der Waals surface area contributed by atoms with Crippen LogP contribution in [0.25, 0.3) is 0 Å². The first-order chi connectivity index (χ1) is 7.75. The van der Waals surface area contributed by atoms with Crippen LogP contribution in [0.15, 0.2) is 42.6 Å². The Morgan fingerprint density at radius 3 is 2.75 bits per heavy atom. The van der Waals surface area contributed by atoms with Crippen LogP contribution in [-0.2, 0) is 6.61 Å². The number of hydrogen-bond donors (Lipinski definition) is 0. The SMILES string of the molecule is [B]c1cc(OCc2ccccc2)c(F)cn1. The Hall–Kier alpha value is -1.84. The molecule has 1 aromatic heterocycles. The predicted molar refractivity (Wildman–Crippen MR) is 60.4 cm³/mol. The molecular formula is C12H9BFNO. The topological polar surface area (TPSA) is 22.1 Å². The van der Waals surface area contributed by atoms with E-state index in [4.69, 9.17) is 12.6 Å². The average Bonchev–Trinajstić information content (AvgIpc) is 2.32. The van der Waals surface area contributed by atoms with Crippen molar-refractivity contribution in [1.82, 2.24) is 4.98 Å². The van der Waals surface area contributed by atoms with Crippen LogP contribution in [0.4, 0.5) is 4.39 Å². The van der Waals surface area contributed by atoms with Gasteiger partial charge in [0.2, 0.25) is 0 Å². The van der Waals surface area contributed by atoms with E-state index in [-0.39, 0.29) is 11.3 Å². The molecule has 0 amide bonds. The van der Waals surface area contributed by atoms with Crippen molar-refractivity contribution in [3.63, 3.8) is 0 Å². The lowest BCUT2D eigenvalue weighted by atomic mass is 10.0. The summed E-state index contributed by atoms with van der Waals surface area (Å²) in [6.07, 6.45) is 1.05. The Labute approximate surface area is 94.5 Å². The zero-order valence-corrected chi connectivity index (χ0v) is 8.56. The van der Waals surface area contributed by atoms with Gasteiger partial charge in [-0.25, -0.2) is 4.39 Å². The van der Waals surface area contributed by atoms with Crippen LogP contribution in [0.2, 0.25) is 0 Å². The summed E-state index contributed by atoms with van der Waals surface area (Å²) in [4.78, 5) is 3.62. The van der Waals surface area contributed by atoms with Crippen molar-refractivity contribution in [2.75, 3.05) is 0 Å². The maximum atomic E-state index is 13.2. The predicted octanol–water partition coefficient (Wildman–Crippen LogP) is 1.59. The van der Waals surface area contributed by atoms with Crippen LogP contribution in [0, 0.1) is 5.82 Å². The summed E-state index contributed by atoms with van der Waals surface area (Å²) >= 11 is 0. The number of halogens is 1. The quantitative estimate of drug-likeness (QED) is 0.722. The van der Waals surface area contributed by atoms with Gasteiger partial charge in [-0.1, -0.05) is 30.3 Å². The van der Waals surface area contributed by atoms with Crippen molar-refractivity contribution in [2.45, 2.75) is 6.61 Å². The summed E-state index contributed by atoms with van der Waals surface area (Å²) in [5.74, 6) is -0.388. The largest absolute Gasteiger partial charge is 0.486 e. The first kappa shape index (κ1) is 10.7. The monoisotopic (exact) mass is 213 g/mol. The zero-order chi connectivity index (χ0) is 11.4. The Balaban J connectivity index is 2.08. The van der Waals surface area contributed by atoms with Gasteiger partial charge < -0.3 is 4.74 Å². The number of aromatic nitrogens is 1. The molecule has 1 aromatic carbocycles. The minimum Gasteiger partial charge on any atom is -0.486 e. The molecule has 4 heteroatoms. The molecule has 1 heterocycles. The Kier molecular flexibility index (Phi) is 3.20. The van der Waals surface area contributed by atoms with E-state index < -0.39 is 5.82 Å². The van der Waals surface area contributed by atoms with Gasteiger partial charge in [0, 0.05) is 0 Å². The minimum atomic E-state index is -0.509. The molecule has 2 nitrogen and oxygen atoms in total. The van der Waals surface area contributed by atoms with Crippen molar-refractivity contribution in [1.29, 1.82) is 0 Å². The molecule has 16 heavy (non-hydrogen) atoms. The molecule has 0 fully saturated rings. The number of rotatable bonds is 3. The Morgan fingerprint density at radius 2 is 2.00 bits per heavy atom. The summed E-state index contributed by atoms with van der Waals surface area (Å²) in [6, 6.07) is 10.9. The van der Waals surface area contributed by atoms with Gasteiger partial charge >= 0.3 is 0 Å². The lowest BCUT2D eigenvalue weighted by Crippen LogP contribution is -2.09. The molecule has 0 unspecified atom stereocenters. The summed E-state index contributed by atoms with van der Waals surface area (Å²) in [5, 5.41) is 0. The maximum absolute atomic E-state index is 13.2. The lowest BCUT2D eigenvalue weighted by molar-refractivity contribution is 0.290. The van der Waals surface area contributed by atoms with Crippen LogP contribution in [0.3, 0.4) is 0 Å². The number of pyridine rings is 1. The molecule has 0 saturated heterocycles. The van der Waals surface area contributed by atoms with E-state index in [9.17, 15) is 4.39 Å². The van der Waals surface area contributed by atoms with Crippen molar-refractivity contribution in [2.24, 2.45) is 0 Å². The van der Waals surface area contributed by atoms with E-state index in [2.05, 4.69) is 4.98 Å². The number of ether oxygens (including phenoxy) is 1. The first-order valence-corrected chi connectivity index (χ1v) is 4.83. The molecule has 2 aromatic rings. The summed E-state index contributed by atoms with van der Waals surface area (Å²) in [5.41, 5.74) is 1.21. The van der Waals surface area contributed by atoms with E-state index in [1.807, 2.05) is 30.3 Å². The lowest BCUT2D eigenvalue weighted by Gasteiger charge is -2.07. The van der Waals surface area contributed by atoms with Crippen LogP contribution < -0.4 is 10.3 Å². The Bertz CT molecular complexity index is 476. The van der Waals surface area contributed by atoms with Gasteiger partial charge in [0.05, 0.1) is 6.20 Å². The van der Waals surface area contributed by atoms with Crippen molar-refractivity contribution >= 4 is 13.4 Å². The second-order valence-corrected chi connectivity index (χ2v) is 3.31. The highest BCUT2D eigenvalue weighted by Crippen LogP contribution is 2.14. The van der Waals surface area contributed by atoms with Gasteiger partial charge in [0.15, 0.2) is 11.6 Å². The normalized spacial score (nSPS) is 10.1. The molecule has 2 radical (unpaired) electrons. The summed E-state index contributed by atoms with van der Waals surface area (Å²) < 4.78 is 18.5. The fraction of sp³-hybridized carbons (Fsp3) is 0.0833. The molecule has 0 N–H and O–H groups in total. The van der Waals surface area contributed by atoms with E-state index >= 15 is 0 Å².